The first-order valence-electron chi connectivity index (χ1n) is 6.76. The second-order valence-corrected chi connectivity index (χ2v) is 7.35. The standard InChI is InChI=1S/C15H10Cl3FN4O/c1-8-6-12-13(7-11(8)20-14(24)15(16,17)18)22-23(21-12)10-4-2-9(19)3-5-10/h2-7H,1H3,(H,20,24). The number of hydrogen-bond acceptors (Lipinski definition) is 3. The second kappa shape index (κ2) is 6.20. The van der Waals surface area contributed by atoms with E-state index in [4.69, 9.17) is 34.8 Å². The first kappa shape index (κ1) is 17.0. The average molecular weight is 388 g/mol. The predicted octanol–water partition coefficient (Wildman–Crippen LogP) is 4.18. The lowest BCUT2D eigenvalue weighted by Gasteiger charge is -2.12. The van der Waals surface area contributed by atoms with Crippen LogP contribution in [0.2, 0.25) is 0 Å². The number of carbonyl (C=O) groups is 1. The van der Waals surface area contributed by atoms with Gasteiger partial charge >= 0.3 is 0 Å². The third kappa shape index (κ3) is 3.45. The zero-order valence-corrected chi connectivity index (χ0v) is 14.5. The fourth-order valence-corrected chi connectivity index (χ4v) is 2.23. The minimum atomic E-state index is -2.06. The molecular formula is C15H10Cl3FN4O. The Hall–Kier alpha value is -1.89. The molecule has 1 heterocycles. The number of halogens is 4. The third-order valence-electron chi connectivity index (χ3n) is 3.29. The number of fused-ring (bicyclic) bond motifs is 1. The summed E-state index contributed by atoms with van der Waals surface area (Å²) >= 11 is 16.7. The number of amides is 1. The summed E-state index contributed by atoms with van der Waals surface area (Å²) in [5.41, 5.74) is 2.95. The Balaban J connectivity index is 1.99. The normalized spacial score (nSPS) is 11.7. The molecule has 124 valence electrons. The summed E-state index contributed by atoms with van der Waals surface area (Å²) in [5, 5.41) is 11.2. The summed E-state index contributed by atoms with van der Waals surface area (Å²) in [6.07, 6.45) is 0. The van der Waals surface area contributed by atoms with Crippen LogP contribution in [0.3, 0.4) is 0 Å². The Labute approximate surface area is 151 Å². The first-order chi connectivity index (χ1) is 11.2. The van der Waals surface area contributed by atoms with Crippen molar-refractivity contribution in [3.63, 3.8) is 0 Å². The van der Waals surface area contributed by atoms with E-state index < -0.39 is 9.70 Å². The van der Waals surface area contributed by atoms with E-state index in [1.54, 1.807) is 31.2 Å². The molecule has 0 aliphatic rings. The lowest BCUT2D eigenvalue weighted by molar-refractivity contribution is -0.115. The lowest BCUT2D eigenvalue weighted by Crippen LogP contribution is -2.27. The molecule has 0 saturated carbocycles. The molecular weight excluding hydrogens is 378 g/mol. The van der Waals surface area contributed by atoms with Crippen molar-refractivity contribution in [2.24, 2.45) is 0 Å². The fraction of sp³-hybridized carbons (Fsp3) is 0.133. The molecule has 0 aliphatic carbocycles. The SMILES string of the molecule is Cc1cc2nn(-c3ccc(F)cc3)nc2cc1NC(=O)C(Cl)(Cl)Cl. The highest BCUT2D eigenvalue weighted by Crippen LogP contribution is 2.29. The molecule has 9 heteroatoms. The van der Waals surface area contributed by atoms with E-state index >= 15 is 0 Å². The minimum absolute atomic E-state index is 0.344. The number of nitrogens with one attached hydrogen (secondary N) is 1. The van der Waals surface area contributed by atoms with E-state index in [-0.39, 0.29) is 5.82 Å². The zero-order valence-electron chi connectivity index (χ0n) is 12.2. The van der Waals surface area contributed by atoms with Crippen LogP contribution in [0.4, 0.5) is 10.1 Å². The third-order valence-corrected chi connectivity index (χ3v) is 3.80. The van der Waals surface area contributed by atoms with Gasteiger partial charge < -0.3 is 5.32 Å². The van der Waals surface area contributed by atoms with Gasteiger partial charge in [0.15, 0.2) is 0 Å². The van der Waals surface area contributed by atoms with Gasteiger partial charge in [-0.05, 0) is 48.9 Å². The quantitative estimate of drug-likeness (QED) is 0.671. The molecule has 1 amide bonds. The number of benzene rings is 2. The van der Waals surface area contributed by atoms with Crippen LogP contribution < -0.4 is 5.32 Å². The molecule has 24 heavy (non-hydrogen) atoms. The van der Waals surface area contributed by atoms with Crippen LogP contribution in [0.5, 0.6) is 0 Å². The maximum absolute atomic E-state index is 13.0. The van der Waals surface area contributed by atoms with Gasteiger partial charge in [0.1, 0.15) is 16.9 Å². The predicted molar refractivity (Wildman–Crippen MR) is 92.5 cm³/mol. The number of carbonyl (C=O) groups excluding carboxylic acids is 1. The molecule has 0 atom stereocenters. The van der Waals surface area contributed by atoms with E-state index in [9.17, 15) is 9.18 Å². The number of anilines is 1. The van der Waals surface area contributed by atoms with Crippen LogP contribution in [0.1, 0.15) is 5.56 Å². The Morgan fingerprint density at radius 1 is 1.12 bits per heavy atom. The molecule has 1 aromatic heterocycles. The molecule has 2 aromatic carbocycles. The first-order valence-corrected chi connectivity index (χ1v) is 7.89. The monoisotopic (exact) mass is 386 g/mol. The molecule has 0 spiro atoms. The van der Waals surface area contributed by atoms with Crippen molar-refractivity contribution in [3.05, 3.63) is 47.8 Å². The van der Waals surface area contributed by atoms with Crippen LogP contribution in [-0.2, 0) is 4.79 Å². The molecule has 0 radical (unpaired) electrons. The van der Waals surface area contributed by atoms with E-state index in [1.165, 1.54) is 16.9 Å². The number of alkyl halides is 3. The topological polar surface area (TPSA) is 59.8 Å². The Bertz CT molecular complexity index is 919. The molecule has 1 N–H and O–H groups in total. The summed E-state index contributed by atoms with van der Waals surface area (Å²) in [5.74, 6) is -1.11. The maximum Gasteiger partial charge on any atom is 0.276 e. The average Bonchev–Trinajstić information content (AvgIpc) is 2.90. The molecule has 3 rings (SSSR count). The van der Waals surface area contributed by atoms with Crippen molar-refractivity contribution in [1.82, 2.24) is 15.0 Å². The molecule has 3 aromatic rings. The number of aromatic nitrogens is 3. The van der Waals surface area contributed by atoms with Gasteiger partial charge in [0.05, 0.1) is 5.69 Å². The molecule has 0 saturated heterocycles. The van der Waals surface area contributed by atoms with Gasteiger partial charge in [-0.2, -0.15) is 4.80 Å². The van der Waals surface area contributed by atoms with E-state index in [2.05, 4.69) is 15.5 Å². The van der Waals surface area contributed by atoms with Crippen molar-refractivity contribution in [1.29, 1.82) is 0 Å². The Kier molecular flexibility index (Phi) is 4.38. The fourth-order valence-electron chi connectivity index (χ4n) is 2.09. The summed E-state index contributed by atoms with van der Waals surface area (Å²) in [6, 6.07) is 9.14. The van der Waals surface area contributed by atoms with Gasteiger partial charge in [0.25, 0.3) is 9.70 Å². The van der Waals surface area contributed by atoms with Crippen molar-refractivity contribution in [3.8, 4) is 5.69 Å². The van der Waals surface area contributed by atoms with Crippen LogP contribution in [0.15, 0.2) is 36.4 Å². The van der Waals surface area contributed by atoms with Gasteiger partial charge in [0.2, 0.25) is 0 Å². The summed E-state index contributed by atoms with van der Waals surface area (Å²) in [6.45, 7) is 1.78. The number of hydrogen-bond donors (Lipinski definition) is 1. The highest BCUT2D eigenvalue weighted by molar-refractivity contribution is 6.76. The largest absolute Gasteiger partial charge is 0.322 e. The minimum Gasteiger partial charge on any atom is -0.322 e. The summed E-state index contributed by atoms with van der Waals surface area (Å²) in [4.78, 5) is 13.2. The highest BCUT2D eigenvalue weighted by atomic mass is 35.6. The van der Waals surface area contributed by atoms with E-state index in [1.807, 2.05) is 0 Å². The van der Waals surface area contributed by atoms with Crippen LogP contribution >= 0.6 is 34.8 Å². The van der Waals surface area contributed by atoms with E-state index in [0.717, 1.165) is 5.56 Å². The molecule has 0 unspecified atom stereocenters. The van der Waals surface area contributed by atoms with Gasteiger partial charge in [-0.1, -0.05) is 34.8 Å². The Morgan fingerprint density at radius 3 is 2.29 bits per heavy atom. The van der Waals surface area contributed by atoms with Gasteiger partial charge in [-0.3, -0.25) is 4.79 Å². The summed E-state index contributed by atoms with van der Waals surface area (Å²) in [7, 11) is 0. The number of aryl methyl sites for hydroxylation is 1. The maximum atomic E-state index is 13.0. The Morgan fingerprint density at radius 2 is 1.71 bits per heavy atom. The van der Waals surface area contributed by atoms with Crippen molar-refractivity contribution >= 4 is 57.4 Å². The molecule has 0 bridgehead atoms. The van der Waals surface area contributed by atoms with E-state index in [0.29, 0.717) is 22.4 Å². The summed E-state index contributed by atoms with van der Waals surface area (Å²) < 4.78 is 10.9. The second-order valence-electron chi connectivity index (χ2n) is 5.07. The number of rotatable bonds is 2. The number of nitrogens with zero attached hydrogens (tertiary/aromatic N) is 3. The van der Waals surface area contributed by atoms with Crippen molar-refractivity contribution in [2.75, 3.05) is 5.32 Å². The van der Waals surface area contributed by atoms with Crippen LogP contribution in [0, 0.1) is 12.7 Å². The van der Waals surface area contributed by atoms with Crippen LogP contribution in [0.25, 0.3) is 16.7 Å². The smallest absolute Gasteiger partial charge is 0.276 e. The lowest BCUT2D eigenvalue weighted by atomic mass is 10.1. The van der Waals surface area contributed by atoms with Crippen molar-refractivity contribution in [2.45, 2.75) is 10.7 Å². The van der Waals surface area contributed by atoms with Crippen LogP contribution in [-0.4, -0.2) is 24.7 Å². The zero-order chi connectivity index (χ0) is 17.5. The van der Waals surface area contributed by atoms with Gasteiger partial charge in [-0.25, -0.2) is 4.39 Å². The van der Waals surface area contributed by atoms with Crippen molar-refractivity contribution < 1.29 is 9.18 Å². The molecule has 0 fully saturated rings. The van der Waals surface area contributed by atoms with Gasteiger partial charge in [-0.15, -0.1) is 10.2 Å². The van der Waals surface area contributed by atoms with Gasteiger partial charge in [0, 0.05) is 5.69 Å². The molecule has 5 nitrogen and oxygen atoms in total. The highest BCUT2D eigenvalue weighted by Gasteiger charge is 2.31. The molecule has 0 aliphatic heterocycles.